The van der Waals surface area contributed by atoms with E-state index in [-0.39, 0.29) is 25.7 Å². The number of aliphatic hydroxyl groups is 1. The predicted molar refractivity (Wildman–Crippen MR) is 377 cm³/mol. The van der Waals surface area contributed by atoms with Gasteiger partial charge in [-0.2, -0.15) is 0 Å². The molecule has 0 spiro atoms. The number of esters is 4. The largest absolute Gasteiger partial charge is 0.472 e. The van der Waals surface area contributed by atoms with Gasteiger partial charge in [-0.1, -0.05) is 297 Å². The molecule has 93 heavy (non-hydrogen) atoms. The van der Waals surface area contributed by atoms with Crippen LogP contribution in [0.25, 0.3) is 0 Å². The second-order valence-electron chi connectivity index (χ2n) is 27.2. The number of hydrogen-bond acceptors (Lipinski definition) is 15. The van der Waals surface area contributed by atoms with Crippen LogP contribution < -0.4 is 0 Å². The Balaban J connectivity index is 5.25. The zero-order valence-electron chi connectivity index (χ0n) is 60.2. The molecule has 17 nitrogen and oxygen atoms in total. The summed E-state index contributed by atoms with van der Waals surface area (Å²) in [5.41, 5.74) is 0. The first-order chi connectivity index (χ1) is 44.8. The fourth-order valence-corrected chi connectivity index (χ4v) is 12.3. The standard InChI is InChI=1S/C74H140O17P2/c1-8-10-11-12-13-14-15-16-17-22-25-28-35-43-50-57-73(78)90-69(61-84-71(76)55-48-41-33-27-24-21-19-18-20-23-26-32-40-47-54-67(7)9-2)63-88-92(80,81)86-59-68(75)60-87-93(82,83)89-64-70(91-74(79)58-51-44-37-36-39-46-53-66(5)6)62-85-72(77)56-49-42-34-30-29-31-38-45-52-65(3)4/h14-17,65-70,75H,8-13,18-64H2,1-7H3,(H,80,81)(H,82,83)/b15-14-,17-16-/t67?,68?,69-,70-/m1/s1. The summed E-state index contributed by atoms with van der Waals surface area (Å²) in [4.78, 5) is 72.6. The monoisotopic (exact) mass is 1360 g/mol. The van der Waals surface area contributed by atoms with Crippen LogP contribution in [0, 0.1) is 17.8 Å². The smallest absolute Gasteiger partial charge is 0.462 e. The van der Waals surface area contributed by atoms with Crippen LogP contribution in [0.5, 0.6) is 0 Å². The Labute approximate surface area is 567 Å². The molecule has 0 aromatic heterocycles. The van der Waals surface area contributed by atoms with Gasteiger partial charge in [0, 0.05) is 25.7 Å². The lowest BCUT2D eigenvalue weighted by molar-refractivity contribution is -0.161. The molecular weight excluding hydrogens is 1220 g/mol. The summed E-state index contributed by atoms with van der Waals surface area (Å²) in [7, 11) is -9.92. The molecule has 0 aliphatic carbocycles. The maximum Gasteiger partial charge on any atom is 0.472 e. The number of rotatable bonds is 70. The molecule has 0 saturated heterocycles. The number of hydrogen-bond donors (Lipinski definition) is 3. The van der Waals surface area contributed by atoms with Gasteiger partial charge in [0.15, 0.2) is 12.2 Å². The van der Waals surface area contributed by atoms with Crippen LogP contribution in [-0.4, -0.2) is 96.7 Å². The maximum atomic E-state index is 13.1. The average molecular weight is 1360 g/mol. The summed E-state index contributed by atoms with van der Waals surface area (Å²) in [6.07, 6.45) is 52.4. The van der Waals surface area contributed by atoms with E-state index in [2.05, 4.69) is 72.8 Å². The van der Waals surface area contributed by atoms with Crippen LogP contribution in [0.3, 0.4) is 0 Å². The summed E-state index contributed by atoms with van der Waals surface area (Å²) < 4.78 is 68.3. The minimum atomic E-state index is -4.96. The number of carbonyl (C=O) groups excluding carboxylic acids is 4. The van der Waals surface area contributed by atoms with E-state index in [0.717, 1.165) is 115 Å². The van der Waals surface area contributed by atoms with Crippen LogP contribution in [0.15, 0.2) is 24.3 Å². The number of aliphatic hydroxyl groups excluding tert-OH is 1. The van der Waals surface area contributed by atoms with Crippen LogP contribution in [0.1, 0.15) is 350 Å². The molecule has 19 heteroatoms. The lowest BCUT2D eigenvalue weighted by atomic mass is 9.99. The van der Waals surface area contributed by atoms with Crippen LogP contribution >= 0.6 is 15.6 Å². The molecule has 0 aromatic rings. The Morgan fingerprint density at radius 3 is 0.957 bits per heavy atom. The van der Waals surface area contributed by atoms with Gasteiger partial charge in [-0.3, -0.25) is 37.3 Å². The van der Waals surface area contributed by atoms with Gasteiger partial charge < -0.3 is 33.8 Å². The summed E-state index contributed by atoms with van der Waals surface area (Å²) in [6, 6.07) is 0. The highest BCUT2D eigenvalue weighted by molar-refractivity contribution is 7.47. The lowest BCUT2D eigenvalue weighted by Crippen LogP contribution is -2.30. The Bertz CT molecular complexity index is 1910. The van der Waals surface area contributed by atoms with Crippen molar-refractivity contribution in [2.45, 2.75) is 369 Å². The molecule has 0 aromatic carbocycles. The third kappa shape index (κ3) is 66.6. The zero-order chi connectivity index (χ0) is 68.7. The van der Waals surface area contributed by atoms with Gasteiger partial charge in [0.25, 0.3) is 0 Å². The van der Waals surface area contributed by atoms with E-state index in [1.165, 1.54) is 148 Å². The van der Waals surface area contributed by atoms with E-state index < -0.39 is 97.5 Å². The second kappa shape index (κ2) is 64.2. The number of unbranched alkanes of at least 4 members (excludes halogenated alkanes) is 34. The van der Waals surface area contributed by atoms with Gasteiger partial charge in [0.05, 0.1) is 26.4 Å². The summed E-state index contributed by atoms with van der Waals surface area (Å²) in [5, 5.41) is 10.6. The molecule has 6 atom stereocenters. The van der Waals surface area contributed by atoms with E-state index in [0.29, 0.717) is 31.6 Å². The lowest BCUT2D eigenvalue weighted by Gasteiger charge is -2.21. The highest BCUT2D eigenvalue weighted by Gasteiger charge is 2.30. The average Bonchev–Trinajstić information content (AvgIpc) is 2.43. The van der Waals surface area contributed by atoms with Crippen molar-refractivity contribution in [2.24, 2.45) is 17.8 Å². The van der Waals surface area contributed by atoms with E-state index in [1.54, 1.807) is 0 Å². The molecule has 4 unspecified atom stereocenters. The first kappa shape index (κ1) is 90.5. The SMILES string of the molecule is CCCCCC/C=C\C=C/CCCCCCCC(=O)O[C@H](COC(=O)CCCCCCCCCCCCCCCCC(C)CC)COP(=O)(O)OCC(O)COP(=O)(O)OC[C@@H](COC(=O)CCCCCCCCCCC(C)C)OC(=O)CCCCCCCCC(C)C. The van der Waals surface area contributed by atoms with E-state index >= 15 is 0 Å². The van der Waals surface area contributed by atoms with Crippen molar-refractivity contribution in [3.63, 3.8) is 0 Å². The Hall–Kier alpha value is -2.46. The molecule has 3 N–H and O–H groups in total. The Kier molecular flexibility index (Phi) is 62.5. The van der Waals surface area contributed by atoms with Crippen molar-refractivity contribution < 1.29 is 80.2 Å². The maximum absolute atomic E-state index is 13.1. The van der Waals surface area contributed by atoms with Crippen molar-refractivity contribution in [1.82, 2.24) is 0 Å². The van der Waals surface area contributed by atoms with Crippen LogP contribution in [0.4, 0.5) is 0 Å². The molecule has 0 heterocycles. The molecule has 548 valence electrons. The van der Waals surface area contributed by atoms with Gasteiger partial charge in [-0.15, -0.1) is 0 Å². The van der Waals surface area contributed by atoms with Crippen molar-refractivity contribution in [2.75, 3.05) is 39.6 Å². The van der Waals surface area contributed by atoms with Crippen molar-refractivity contribution in [3.05, 3.63) is 24.3 Å². The highest BCUT2D eigenvalue weighted by Crippen LogP contribution is 2.45. The third-order valence-corrected chi connectivity index (χ3v) is 18.8. The van der Waals surface area contributed by atoms with Crippen molar-refractivity contribution in [1.29, 1.82) is 0 Å². The zero-order valence-corrected chi connectivity index (χ0v) is 62.0. The normalized spacial score (nSPS) is 14.6. The first-order valence-electron chi connectivity index (χ1n) is 37.7. The number of ether oxygens (including phenoxy) is 4. The molecule has 0 fully saturated rings. The summed E-state index contributed by atoms with van der Waals surface area (Å²) in [5.74, 6) is 0.0835. The minimum Gasteiger partial charge on any atom is -0.462 e. The molecule has 0 aliphatic heterocycles. The predicted octanol–water partition coefficient (Wildman–Crippen LogP) is 21.0. The number of allylic oxidation sites excluding steroid dienone is 4. The van der Waals surface area contributed by atoms with Crippen molar-refractivity contribution >= 4 is 39.5 Å². The number of phosphoric acid groups is 2. The molecular formula is C74H140O17P2. The number of carbonyl (C=O) groups is 4. The van der Waals surface area contributed by atoms with Gasteiger partial charge in [-0.05, 0) is 69.1 Å². The fraction of sp³-hybridized carbons (Fsp3) is 0.892. The van der Waals surface area contributed by atoms with Gasteiger partial charge >= 0.3 is 39.5 Å². The Morgan fingerprint density at radius 1 is 0.355 bits per heavy atom. The van der Waals surface area contributed by atoms with Gasteiger partial charge in [0.2, 0.25) is 0 Å². The molecule has 0 saturated carbocycles. The third-order valence-electron chi connectivity index (χ3n) is 16.9. The topological polar surface area (TPSA) is 237 Å². The summed E-state index contributed by atoms with van der Waals surface area (Å²) >= 11 is 0. The van der Waals surface area contributed by atoms with Gasteiger partial charge in [-0.25, -0.2) is 9.13 Å². The van der Waals surface area contributed by atoms with Crippen LogP contribution in [0.2, 0.25) is 0 Å². The van der Waals surface area contributed by atoms with Crippen molar-refractivity contribution in [3.8, 4) is 0 Å². The molecule has 0 amide bonds. The molecule has 0 aliphatic rings. The molecule has 0 radical (unpaired) electrons. The van der Waals surface area contributed by atoms with Gasteiger partial charge in [0.1, 0.15) is 19.3 Å². The summed E-state index contributed by atoms with van der Waals surface area (Å²) in [6.45, 7) is 11.7. The minimum absolute atomic E-state index is 0.0847. The quantitative estimate of drug-likeness (QED) is 0.0169. The van der Waals surface area contributed by atoms with E-state index in [1.807, 2.05) is 0 Å². The number of phosphoric ester groups is 2. The molecule has 0 bridgehead atoms. The highest BCUT2D eigenvalue weighted by atomic mass is 31.2. The fourth-order valence-electron chi connectivity index (χ4n) is 10.7. The van der Waals surface area contributed by atoms with E-state index in [4.69, 9.17) is 37.0 Å². The van der Waals surface area contributed by atoms with E-state index in [9.17, 15) is 43.2 Å². The second-order valence-corrected chi connectivity index (χ2v) is 30.1. The molecule has 0 rings (SSSR count). The Morgan fingerprint density at radius 2 is 0.634 bits per heavy atom. The van der Waals surface area contributed by atoms with Crippen LogP contribution in [-0.2, 0) is 65.4 Å². The first-order valence-corrected chi connectivity index (χ1v) is 40.7.